The molecule has 7 nitrogen and oxygen atoms in total. The number of hydrogen-bond donors (Lipinski definition) is 0. The van der Waals surface area contributed by atoms with Gasteiger partial charge in [-0.3, -0.25) is 9.36 Å². The van der Waals surface area contributed by atoms with Gasteiger partial charge in [-0.25, -0.2) is 4.98 Å². The average Bonchev–Trinajstić information content (AvgIpc) is 3.20. The molecule has 0 radical (unpaired) electrons. The van der Waals surface area contributed by atoms with E-state index in [1.54, 1.807) is 40.5 Å². The Kier molecular flexibility index (Phi) is 5.58. The first kappa shape index (κ1) is 17.6. The van der Waals surface area contributed by atoms with Crippen molar-refractivity contribution in [1.29, 1.82) is 0 Å². The molecule has 0 saturated carbocycles. The molecule has 0 fully saturated rings. The SMILES string of the molecule is CCN(CCOc1cccc(C)c1)C(=O)c1ccc(-n2cnnc2)nc1. The molecule has 0 saturated heterocycles. The standard InChI is InChI=1S/C19H21N5O2/c1-3-23(9-10-26-17-6-4-5-15(2)11-17)19(25)16-7-8-18(20-12-16)24-13-21-22-14-24/h4-8,11-14H,3,9-10H2,1-2H3. The number of nitrogens with zero attached hydrogens (tertiary/aromatic N) is 5. The molecule has 26 heavy (non-hydrogen) atoms. The van der Waals surface area contributed by atoms with Crippen LogP contribution in [0.15, 0.2) is 55.2 Å². The lowest BCUT2D eigenvalue weighted by molar-refractivity contribution is 0.0739. The molecule has 0 aliphatic rings. The maximum atomic E-state index is 12.7. The van der Waals surface area contributed by atoms with E-state index in [4.69, 9.17) is 4.74 Å². The Hall–Kier alpha value is -3.22. The molecule has 2 heterocycles. The van der Waals surface area contributed by atoms with Crippen LogP contribution in [0.5, 0.6) is 5.75 Å². The first-order valence-electron chi connectivity index (χ1n) is 8.47. The first-order chi connectivity index (χ1) is 12.7. The van der Waals surface area contributed by atoms with E-state index in [0.29, 0.717) is 31.1 Å². The molecule has 2 aromatic heterocycles. The Labute approximate surface area is 152 Å². The third-order valence-electron chi connectivity index (χ3n) is 3.97. The summed E-state index contributed by atoms with van der Waals surface area (Å²) < 4.78 is 7.43. The minimum atomic E-state index is -0.0665. The topological polar surface area (TPSA) is 73.1 Å². The highest BCUT2D eigenvalue weighted by Gasteiger charge is 2.15. The van der Waals surface area contributed by atoms with Gasteiger partial charge >= 0.3 is 0 Å². The summed E-state index contributed by atoms with van der Waals surface area (Å²) in [6, 6.07) is 11.4. The number of aromatic nitrogens is 4. The Morgan fingerprint density at radius 2 is 2.00 bits per heavy atom. The van der Waals surface area contributed by atoms with Crippen molar-refractivity contribution in [3.8, 4) is 11.6 Å². The van der Waals surface area contributed by atoms with E-state index >= 15 is 0 Å². The fourth-order valence-electron chi connectivity index (χ4n) is 2.55. The summed E-state index contributed by atoms with van der Waals surface area (Å²) in [5, 5.41) is 7.49. The van der Waals surface area contributed by atoms with Gasteiger partial charge in [0.1, 0.15) is 30.8 Å². The Morgan fingerprint density at radius 1 is 1.19 bits per heavy atom. The zero-order chi connectivity index (χ0) is 18.4. The third kappa shape index (κ3) is 4.24. The number of likely N-dealkylation sites (N-methyl/N-ethyl adjacent to an activating group) is 1. The molecule has 1 aromatic carbocycles. The number of carbonyl (C=O) groups is 1. The zero-order valence-electron chi connectivity index (χ0n) is 14.9. The van der Waals surface area contributed by atoms with Gasteiger partial charge in [0, 0.05) is 12.7 Å². The molecule has 0 aliphatic heterocycles. The van der Waals surface area contributed by atoms with Crippen LogP contribution in [0.1, 0.15) is 22.8 Å². The number of pyridine rings is 1. The van der Waals surface area contributed by atoms with Crippen LogP contribution in [0.3, 0.4) is 0 Å². The summed E-state index contributed by atoms with van der Waals surface area (Å²) in [5.74, 6) is 1.41. The summed E-state index contributed by atoms with van der Waals surface area (Å²) in [6.45, 7) is 5.52. The molecule has 7 heteroatoms. The Bertz CT molecular complexity index is 847. The lowest BCUT2D eigenvalue weighted by Gasteiger charge is -2.21. The van der Waals surface area contributed by atoms with Gasteiger partial charge in [0.2, 0.25) is 0 Å². The van der Waals surface area contributed by atoms with Crippen molar-refractivity contribution in [3.63, 3.8) is 0 Å². The second kappa shape index (κ2) is 8.24. The van der Waals surface area contributed by atoms with Crippen molar-refractivity contribution in [2.45, 2.75) is 13.8 Å². The van der Waals surface area contributed by atoms with Gasteiger partial charge in [0.15, 0.2) is 0 Å². The van der Waals surface area contributed by atoms with Crippen LogP contribution in [0.25, 0.3) is 5.82 Å². The summed E-state index contributed by atoms with van der Waals surface area (Å²) in [4.78, 5) is 18.7. The van der Waals surface area contributed by atoms with Gasteiger partial charge in [-0.2, -0.15) is 0 Å². The van der Waals surface area contributed by atoms with Gasteiger partial charge in [0.05, 0.1) is 12.1 Å². The van der Waals surface area contributed by atoms with Gasteiger partial charge in [-0.1, -0.05) is 12.1 Å². The van der Waals surface area contributed by atoms with Gasteiger partial charge in [0.25, 0.3) is 5.91 Å². The molecule has 3 rings (SSSR count). The monoisotopic (exact) mass is 351 g/mol. The van der Waals surface area contributed by atoms with Crippen LogP contribution >= 0.6 is 0 Å². The molecule has 1 amide bonds. The zero-order valence-corrected chi connectivity index (χ0v) is 14.9. The van der Waals surface area contributed by atoms with Crippen LogP contribution in [0, 0.1) is 6.92 Å². The van der Waals surface area contributed by atoms with E-state index < -0.39 is 0 Å². The van der Waals surface area contributed by atoms with Gasteiger partial charge in [-0.15, -0.1) is 10.2 Å². The number of carbonyl (C=O) groups excluding carboxylic acids is 1. The normalized spacial score (nSPS) is 10.5. The molecule has 0 spiro atoms. The quantitative estimate of drug-likeness (QED) is 0.654. The minimum Gasteiger partial charge on any atom is -0.492 e. The molecule has 0 N–H and O–H groups in total. The maximum Gasteiger partial charge on any atom is 0.255 e. The largest absolute Gasteiger partial charge is 0.492 e. The van der Waals surface area contributed by atoms with Crippen molar-refractivity contribution in [3.05, 3.63) is 66.4 Å². The molecule has 0 unspecified atom stereocenters. The summed E-state index contributed by atoms with van der Waals surface area (Å²) >= 11 is 0. The van der Waals surface area contributed by atoms with E-state index in [9.17, 15) is 4.79 Å². The van der Waals surface area contributed by atoms with E-state index in [-0.39, 0.29) is 5.91 Å². The summed E-state index contributed by atoms with van der Waals surface area (Å²) in [5.41, 5.74) is 1.68. The van der Waals surface area contributed by atoms with E-state index in [1.807, 2.05) is 38.1 Å². The summed E-state index contributed by atoms with van der Waals surface area (Å²) in [6.07, 6.45) is 4.69. The van der Waals surface area contributed by atoms with Gasteiger partial charge < -0.3 is 9.64 Å². The fraction of sp³-hybridized carbons (Fsp3) is 0.263. The van der Waals surface area contributed by atoms with Crippen molar-refractivity contribution in [2.75, 3.05) is 19.7 Å². The molecular formula is C19H21N5O2. The number of amides is 1. The number of benzene rings is 1. The third-order valence-corrected chi connectivity index (χ3v) is 3.97. The number of ether oxygens (including phenoxy) is 1. The first-order valence-corrected chi connectivity index (χ1v) is 8.47. The average molecular weight is 351 g/mol. The maximum absolute atomic E-state index is 12.7. The van der Waals surface area contributed by atoms with E-state index in [2.05, 4.69) is 15.2 Å². The van der Waals surface area contributed by atoms with Crippen molar-refractivity contribution < 1.29 is 9.53 Å². The van der Waals surface area contributed by atoms with Crippen molar-refractivity contribution >= 4 is 5.91 Å². The number of rotatable bonds is 7. The predicted octanol–water partition coefficient (Wildman–Crippen LogP) is 2.51. The second-order valence-corrected chi connectivity index (χ2v) is 5.82. The highest BCUT2D eigenvalue weighted by Crippen LogP contribution is 2.13. The predicted molar refractivity (Wildman–Crippen MR) is 97.4 cm³/mol. The molecule has 0 bridgehead atoms. The molecule has 0 atom stereocenters. The summed E-state index contributed by atoms with van der Waals surface area (Å²) in [7, 11) is 0. The van der Waals surface area contributed by atoms with Crippen molar-refractivity contribution in [2.24, 2.45) is 0 Å². The Morgan fingerprint density at radius 3 is 2.65 bits per heavy atom. The van der Waals surface area contributed by atoms with Crippen LogP contribution in [-0.4, -0.2) is 50.3 Å². The highest BCUT2D eigenvalue weighted by atomic mass is 16.5. The van der Waals surface area contributed by atoms with Crippen LogP contribution in [0.4, 0.5) is 0 Å². The molecule has 3 aromatic rings. The minimum absolute atomic E-state index is 0.0665. The molecule has 134 valence electrons. The second-order valence-electron chi connectivity index (χ2n) is 5.82. The smallest absolute Gasteiger partial charge is 0.255 e. The van der Waals surface area contributed by atoms with Crippen LogP contribution in [-0.2, 0) is 0 Å². The number of aryl methyl sites for hydroxylation is 1. The molecule has 0 aliphatic carbocycles. The van der Waals surface area contributed by atoms with E-state index in [1.165, 1.54) is 0 Å². The lowest BCUT2D eigenvalue weighted by Crippen LogP contribution is -2.34. The van der Waals surface area contributed by atoms with Crippen LogP contribution < -0.4 is 4.74 Å². The highest BCUT2D eigenvalue weighted by molar-refractivity contribution is 5.94. The van der Waals surface area contributed by atoms with E-state index in [0.717, 1.165) is 11.3 Å². The van der Waals surface area contributed by atoms with Gasteiger partial charge in [-0.05, 0) is 43.7 Å². The Balaban J connectivity index is 1.59. The van der Waals surface area contributed by atoms with Crippen molar-refractivity contribution in [1.82, 2.24) is 24.6 Å². The lowest BCUT2D eigenvalue weighted by atomic mass is 10.2. The fourth-order valence-corrected chi connectivity index (χ4v) is 2.55. The number of hydrogen-bond acceptors (Lipinski definition) is 5. The molecular weight excluding hydrogens is 330 g/mol. The van der Waals surface area contributed by atoms with Crippen LogP contribution in [0.2, 0.25) is 0 Å².